The van der Waals surface area contributed by atoms with Gasteiger partial charge in [0.2, 0.25) is 0 Å². The molecule has 6 nitrogen and oxygen atoms in total. The van der Waals surface area contributed by atoms with Crippen LogP contribution in [0, 0.1) is 0 Å². The fourth-order valence-corrected chi connectivity index (χ4v) is 3.97. The fourth-order valence-electron chi connectivity index (χ4n) is 2.91. The zero-order valence-electron chi connectivity index (χ0n) is 15.2. The number of methoxy groups -OCH3 is 1. The van der Waals surface area contributed by atoms with E-state index in [-0.39, 0.29) is 4.90 Å². The highest BCUT2D eigenvalue weighted by molar-refractivity contribution is 7.92. The van der Waals surface area contributed by atoms with E-state index in [1.54, 1.807) is 19.2 Å². The van der Waals surface area contributed by atoms with Crippen molar-refractivity contribution in [2.24, 2.45) is 0 Å². The number of nitrogens with one attached hydrogen (secondary N) is 1. The Hall–Kier alpha value is -2.09. The summed E-state index contributed by atoms with van der Waals surface area (Å²) in [6.07, 6.45) is 0. The van der Waals surface area contributed by atoms with E-state index in [4.69, 9.17) is 4.74 Å². The number of sulfonamides is 1. The van der Waals surface area contributed by atoms with E-state index in [9.17, 15) is 8.42 Å². The molecule has 0 aromatic heterocycles. The van der Waals surface area contributed by atoms with Gasteiger partial charge in [0.25, 0.3) is 10.0 Å². The lowest BCUT2D eigenvalue weighted by atomic mass is 10.2. The van der Waals surface area contributed by atoms with Crippen LogP contribution in [0.25, 0.3) is 0 Å². The summed E-state index contributed by atoms with van der Waals surface area (Å²) in [5.41, 5.74) is 1.74. The Morgan fingerprint density at radius 2 is 1.58 bits per heavy atom. The van der Waals surface area contributed by atoms with Gasteiger partial charge in [-0.3, -0.25) is 9.62 Å². The second kappa shape index (κ2) is 8.07. The average molecular weight is 375 g/mol. The van der Waals surface area contributed by atoms with Crippen molar-refractivity contribution >= 4 is 15.7 Å². The molecule has 1 N–H and O–H groups in total. The van der Waals surface area contributed by atoms with Crippen LogP contribution in [0.3, 0.4) is 0 Å². The van der Waals surface area contributed by atoms with E-state index < -0.39 is 10.0 Å². The van der Waals surface area contributed by atoms with Crippen LogP contribution in [-0.2, 0) is 16.6 Å². The summed E-state index contributed by atoms with van der Waals surface area (Å²) in [5.74, 6) is 0.622. The lowest BCUT2D eigenvalue weighted by Crippen LogP contribution is -2.43. The molecule has 0 saturated carbocycles. The molecule has 26 heavy (non-hydrogen) atoms. The van der Waals surface area contributed by atoms with Gasteiger partial charge in [-0.15, -0.1) is 0 Å². The molecule has 0 spiro atoms. The second-order valence-electron chi connectivity index (χ2n) is 6.56. The van der Waals surface area contributed by atoms with Crippen molar-refractivity contribution in [2.45, 2.75) is 11.4 Å². The molecule has 3 rings (SSSR count). The van der Waals surface area contributed by atoms with Crippen LogP contribution in [-0.4, -0.2) is 58.6 Å². The summed E-state index contributed by atoms with van der Waals surface area (Å²) < 4.78 is 32.6. The van der Waals surface area contributed by atoms with Crippen molar-refractivity contribution in [1.82, 2.24) is 9.80 Å². The number of hydrogen-bond acceptors (Lipinski definition) is 5. The normalized spacial score (nSPS) is 16.4. The summed E-state index contributed by atoms with van der Waals surface area (Å²) in [7, 11) is 0.0810. The number of ether oxygens (including phenoxy) is 1. The lowest BCUT2D eigenvalue weighted by molar-refractivity contribution is 0.148. The van der Waals surface area contributed by atoms with E-state index in [0.29, 0.717) is 11.4 Å². The third-order valence-electron chi connectivity index (χ3n) is 4.58. The molecule has 7 heteroatoms. The van der Waals surface area contributed by atoms with Crippen molar-refractivity contribution < 1.29 is 13.2 Å². The molecule has 1 aliphatic rings. The van der Waals surface area contributed by atoms with Gasteiger partial charge in [-0.05, 0) is 49.0 Å². The monoisotopic (exact) mass is 375 g/mol. The molecule has 1 aliphatic heterocycles. The van der Waals surface area contributed by atoms with Crippen molar-refractivity contribution in [2.75, 3.05) is 45.1 Å². The van der Waals surface area contributed by atoms with Gasteiger partial charge in [-0.1, -0.05) is 12.1 Å². The first-order valence-electron chi connectivity index (χ1n) is 8.63. The molecule has 0 aliphatic carbocycles. The van der Waals surface area contributed by atoms with Crippen LogP contribution >= 0.6 is 0 Å². The first kappa shape index (κ1) is 18.7. The number of anilines is 1. The number of piperazine rings is 1. The zero-order chi connectivity index (χ0) is 18.6. The SMILES string of the molecule is COc1ccc(S(=O)(=O)Nc2ccc(CN3CCN(C)CC3)cc2)cc1. The van der Waals surface area contributed by atoms with Gasteiger partial charge in [0.15, 0.2) is 0 Å². The predicted octanol–water partition coefficient (Wildman–Crippen LogP) is 2.24. The Balaban J connectivity index is 1.62. The Morgan fingerprint density at radius 3 is 2.15 bits per heavy atom. The van der Waals surface area contributed by atoms with Gasteiger partial charge >= 0.3 is 0 Å². The standard InChI is InChI=1S/C19H25N3O3S/c1-21-11-13-22(14-12-21)15-16-3-5-17(6-4-16)20-26(23,24)19-9-7-18(25-2)8-10-19/h3-10,20H,11-15H2,1-2H3. The summed E-state index contributed by atoms with van der Waals surface area (Å²) in [5, 5.41) is 0. The van der Waals surface area contributed by atoms with Gasteiger partial charge in [0.1, 0.15) is 5.75 Å². The van der Waals surface area contributed by atoms with Crippen LogP contribution in [0.5, 0.6) is 5.75 Å². The Morgan fingerprint density at radius 1 is 0.962 bits per heavy atom. The highest BCUT2D eigenvalue weighted by Crippen LogP contribution is 2.20. The third-order valence-corrected chi connectivity index (χ3v) is 5.98. The Labute approximate surface area is 155 Å². The van der Waals surface area contributed by atoms with E-state index in [0.717, 1.165) is 32.7 Å². The number of benzene rings is 2. The summed E-state index contributed by atoms with van der Waals surface area (Å²) >= 11 is 0. The molecule has 0 unspecified atom stereocenters. The molecular weight excluding hydrogens is 350 g/mol. The predicted molar refractivity (Wildman–Crippen MR) is 103 cm³/mol. The topological polar surface area (TPSA) is 61.9 Å². The van der Waals surface area contributed by atoms with Crippen molar-refractivity contribution in [3.05, 3.63) is 54.1 Å². The summed E-state index contributed by atoms with van der Waals surface area (Å²) in [6.45, 7) is 5.17. The van der Waals surface area contributed by atoms with Crippen molar-refractivity contribution in [3.63, 3.8) is 0 Å². The van der Waals surface area contributed by atoms with E-state index >= 15 is 0 Å². The Kier molecular flexibility index (Phi) is 5.80. The zero-order valence-corrected chi connectivity index (χ0v) is 16.0. The molecule has 1 heterocycles. The maximum absolute atomic E-state index is 12.5. The van der Waals surface area contributed by atoms with Crippen molar-refractivity contribution in [3.8, 4) is 5.75 Å². The number of rotatable bonds is 6. The maximum Gasteiger partial charge on any atom is 0.261 e. The quantitative estimate of drug-likeness (QED) is 0.839. The maximum atomic E-state index is 12.5. The summed E-state index contributed by atoms with van der Waals surface area (Å²) in [6, 6.07) is 13.9. The second-order valence-corrected chi connectivity index (χ2v) is 8.24. The first-order valence-corrected chi connectivity index (χ1v) is 10.1. The van der Waals surface area contributed by atoms with Crippen LogP contribution in [0.2, 0.25) is 0 Å². The van der Waals surface area contributed by atoms with Gasteiger partial charge in [-0.25, -0.2) is 8.42 Å². The van der Waals surface area contributed by atoms with Gasteiger partial charge < -0.3 is 9.64 Å². The van der Waals surface area contributed by atoms with Crippen molar-refractivity contribution in [1.29, 1.82) is 0 Å². The lowest BCUT2D eigenvalue weighted by Gasteiger charge is -2.32. The fraction of sp³-hybridized carbons (Fsp3) is 0.368. The van der Waals surface area contributed by atoms with Gasteiger partial charge in [-0.2, -0.15) is 0 Å². The molecule has 0 atom stereocenters. The highest BCUT2D eigenvalue weighted by Gasteiger charge is 2.15. The van der Waals surface area contributed by atoms with Gasteiger partial charge in [0, 0.05) is 38.4 Å². The molecule has 140 valence electrons. The minimum Gasteiger partial charge on any atom is -0.497 e. The number of nitrogens with zero attached hydrogens (tertiary/aromatic N) is 2. The van der Waals surface area contributed by atoms with E-state index in [1.807, 2.05) is 24.3 Å². The first-order chi connectivity index (χ1) is 12.5. The van der Waals surface area contributed by atoms with E-state index in [2.05, 4.69) is 21.6 Å². The Bertz CT molecular complexity index is 812. The molecule has 1 saturated heterocycles. The van der Waals surface area contributed by atoms with Crippen LogP contribution < -0.4 is 9.46 Å². The third kappa shape index (κ3) is 4.75. The number of hydrogen-bond donors (Lipinski definition) is 1. The largest absolute Gasteiger partial charge is 0.497 e. The van der Waals surface area contributed by atoms with Crippen LogP contribution in [0.15, 0.2) is 53.4 Å². The highest BCUT2D eigenvalue weighted by atomic mass is 32.2. The molecule has 0 amide bonds. The van der Waals surface area contributed by atoms with Gasteiger partial charge in [0.05, 0.1) is 12.0 Å². The molecule has 0 bridgehead atoms. The molecule has 2 aromatic carbocycles. The number of likely N-dealkylation sites (N-methyl/N-ethyl adjacent to an activating group) is 1. The average Bonchev–Trinajstić information content (AvgIpc) is 2.65. The molecule has 0 radical (unpaired) electrons. The smallest absolute Gasteiger partial charge is 0.261 e. The summed E-state index contributed by atoms with van der Waals surface area (Å²) in [4.78, 5) is 4.95. The molecule has 1 fully saturated rings. The van der Waals surface area contributed by atoms with Crippen LogP contribution in [0.1, 0.15) is 5.56 Å². The molecule has 2 aromatic rings. The molecular formula is C19H25N3O3S. The minimum atomic E-state index is -3.61. The minimum absolute atomic E-state index is 0.208. The van der Waals surface area contributed by atoms with E-state index in [1.165, 1.54) is 17.7 Å². The van der Waals surface area contributed by atoms with Crippen LogP contribution in [0.4, 0.5) is 5.69 Å².